The summed E-state index contributed by atoms with van der Waals surface area (Å²) in [7, 11) is 0. The zero-order chi connectivity index (χ0) is 23.2. The minimum absolute atomic E-state index is 0.157. The maximum absolute atomic E-state index is 12.6. The molecule has 1 amide bonds. The Balaban J connectivity index is 1.35. The number of hydrogen-bond acceptors (Lipinski definition) is 6. The van der Waals surface area contributed by atoms with E-state index < -0.39 is 11.9 Å². The molecule has 6 nitrogen and oxygen atoms in total. The van der Waals surface area contributed by atoms with Crippen LogP contribution >= 0.6 is 22.9 Å². The Morgan fingerprint density at radius 3 is 2.67 bits per heavy atom. The number of hydrazone groups is 1. The molecule has 4 aromatic rings. The van der Waals surface area contributed by atoms with Crippen LogP contribution in [0.4, 0.5) is 0 Å². The van der Waals surface area contributed by atoms with Crippen molar-refractivity contribution >= 4 is 51.1 Å². The van der Waals surface area contributed by atoms with Gasteiger partial charge in [-0.15, -0.1) is 11.3 Å². The van der Waals surface area contributed by atoms with Crippen LogP contribution in [-0.4, -0.2) is 24.7 Å². The van der Waals surface area contributed by atoms with Crippen molar-refractivity contribution in [2.24, 2.45) is 5.10 Å². The third-order valence-corrected chi connectivity index (χ3v) is 6.30. The van der Waals surface area contributed by atoms with Crippen LogP contribution in [0.5, 0.6) is 11.5 Å². The highest BCUT2D eigenvalue weighted by molar-refractivity contribution is 7.21. The lowest BCUT2D eigenvalue weighted by molar-refractivity contribution is -0.123. The van der Waals surface area contributed by atoms with Gasteiger partial charge in [0.25, 0.3) is 5.91 Å². The second-order valence-electron chi connectivity index (χ2n) is 7.05. The summed E-state index contributed by atoms with van der Waals surface area (Å²) in [5.74, 6) is 0.0602. The topological polar surface area (TPSA) is 77.0 Å². The van der Waals surface area contributed by atoms with Crippen molar-refractivity contribution in [3.8, 4) is 11.5 Å². The summed E-state index contributed by atoms with van der Waals surface area (Å²) in [4.78, 5) is 24.9. The molecule has 0 atom stereocenters. The summed E-state index contributed by atoms with van der Waals surface area (Å²) in [6.45, 7) is 1.75. The number of rotatable bonds is 7. The van der Waals surface area contributed by atoms with E-state index >= 15 is 0 Å². The number of amides is 1. The van der Waals surface area contributed by atoms with E-state index in [1.807, 2.05) is 49.4 Å². The average molecular weight is 479 g/mol. The molecule has 0 unspecified atom stereocenters. The second-order valence-corrected chi connectivity index (χ2v) is 8.48. The number of aryl methyl sites for hydroxylation is 1. The Hall–Kier alpha value is -3.68. The molecule has 0 spiro atoms. The van der Waals surface area contributed by atoms with Crippen molar-refractivity contribution in [2.45, 2.75) is 6.92 Å². The predicted octanol–water partition coefficient (Wildman–Crippen LogP) is 5.61. The van der Waals surface area contributed by atoms with Crippen LogP contribution in [0, 0.1) is 6.92 Å². The Labute approximate surface area is 199 Å². The van der Waals surface area contributed by atoms with E-state index in [9.17, 15) is 9.59 Å². The first kappa shape index (κ1) is 22.5. The molecule has 0 fully saturated rings. The van der Waals surface area contributed by atoms with Crippen molar-refractivity contribution < 1.29 is 19.1 Å². The van der Waals surface area contributed by atoms with Gasteiger partial charge in [0.15, 0.2) is 6.61 Å². The predicted molar refractivity (Wildman–Crippen MR) is 131 cm³/mol. The minimum atomic E-state index is -0.531. The SMILES string of the molecule is Cc1ccccc1OCC(=O)NN=Cc1cccc(OC(=O)c2sc3ccccc3c2Cl)c1. The van der Waals surface area contributed by atoms with Gasteiger partial charge in [0.1, 0.15) is 16.4 Å². The number of esters is 1. The van der Waals surface area contributed by atoms with E-state index in [-0.39, 0.29) is 6.61 Å². The van der Waals surface area contributed by atoms with Gasteiger partial charge in [-0.3, -0.25) is 4.79 Å². The molecule has 3 aromatic carbocycles. The van der Waals surface area contributed by atoms with Gasteiger partial charge < -0.3 is 9.47 Å². The summed E-state index contributed by atoms with van der Waals surface area (Å²) < 4.78 is 11.9. The number of thiophene rings is 1. The Bertz CT molecular complexity index is 1350. The Kier molecular flexibility index (Phi) is 7.02. The number of para-hydroxylation sites is 1. The van der Waals surface area contributed by atoms with Crippen molar-refractivity contribution in [3.63, 3.8) is 0 Å². The minimum Gasteiger partial charge on any atom is -0.483 e. The maximum Gasteiger partial charge on any atom is 0.355 e. The second kappa shape index (κ2) is 10.3. The number of fused-ring (bicyclic) bond motifs is 1. The standard InChI is InChI=1S/C25H19ClN2O4S/c1-16-7-2-4-11-20(16)31-15-22(29)28-27-14-17-8-6-9-18(13-17)32-25(30)24-23(26)19-10-3-5-12-21(19)33-24/h2-14H,15H2,1H3,(H,28,29). The van der Waals surface area contributed by atoms with Gasteiger partial charge in [-0.2, -0.15) is 5.10 Å². The summed E-state index contributed by atoms with van der Waals surface area (Å²) in [5.41, 5.74) is 3.99. The number of halogens is 1. The zero-order valence-corrected chi connectivity index (χ0v) is 19.2. The molecule has 1 heterocycles. The van der Waals surface area contributed by atoms with Gasteiger partial charge in [0.05, 0.1) is 11.2 Å². The highest BCUT2D eigenvalue weighted by Gasteiger charge is 2.19. The number of nitrogens with one attached hydrogen (secondary N) is 1. The van der Waals surface area contributed by atoms with Crippen molar-refractivity contribution in [1.29, 1.82) is 0 Å². The van der Waals surface area contributed by atoms with Crippen LogP contribution < -0.4 is 14.9 Å². The molecule has 0 aliphatic carbocycles. The van der Waals surface area contributed by atoms with Crippen LogP contribution in [0.3, 0.4) is 0 Å². The van der Waals surface area contributed by atoms with Crippen LogP contribution in [0.15, 0.2) is 77.9 Å². The molecular formula is C25H19ClN2O4S. The Morgan fingerprint density at radius 2 is 1.85 bits per heavy atom. The molecule has 0 saturated carbocycles. The molecule has 4 rings (SSSR count). The van der Waals surface area contributed by atoms with Crippen molar-refractivity contribution in [3.05, 3.63) is 93.8 Å². The zero-order valence-electron chi connectivity index (χ0n) is 17.6. The van der Waals surface area contributed by atoms with Gasteiger partial charge in [0, 0.05) is 10.1 Å². The van der Waals surface area contributed by atoms with Crippen LogP contribution in [0.2, 0.25) is 5.02 Å². The first-order valence-electron chi connectivity index (χ1n) is 10.0. The summed E-state index contributed by atoms with van der Waals surface area (Å²) in [6, 6.07) is 21.7. The van der Waals surface area contributed by atoms with Gasteiger partial charge in [0.2, 0.25) is 0 Å². The number of carbonyl (C=O) groups excluding carboxylic acids is 2. The molecule has 0 bridgehead atoms. The number of ether oxygens (including phenoxy) is 2. The number of nitrogens with zero attached hydrogens (tertiary/aromatic N) is 1. The van der Waals surface area contributed by atoms with Crippen LogP contribution in [0.1, 0.15) is 20.8 Å². The molecule has 166 valence electrons. The lowest BCUT2D eigenvalue weighted by Gasteiger charge is -2.07. The van der Waals surface area contributed by atoms with E-state index in [0.717, 1.165) is 15.6 Å². The molecule has 33 heavy (non-hydrogen) atoms. The third-order valence-electron chi connectivity index (χ3n) is 4.64. The highest BCUT2D eigenvalue weighted by atomic mass is 35.5. The summed E-state index contributed by atoms with van der Waals surface area (Å²) in [5, 5.41) is 5.14. The summed E-state index contributed by atoms with van der Waals surface area (Å²) in [6.07, 6.45) is 1.45. The van der Waals surface area contributed by atoms with Crippen molar-refractivity contribution in [1.82, 2.24) is 5.43 Å². The number of hydrogen-bond donors (Lipinski definition) is 1. The number of benzene rings is 3. The highest BCUT2D eigenvalue weighted by Crippen LogP contribution is 2.35. The molecule has 0 saturated heterocycles. The fraction of sp³-hybridized carbons (Fsp3) is 0.0800. The van der Waals surface area contributed by atoms with Crippen LogP contribution in [0.25, 0.3) is 10.1 Å². The number of carbonyl (C=O) groups is 2. The molecule has 1 aromatic heterocycles. The van der Waals surface area contributed by atoms with Gasteiger partial charge in [-0.05, 0) is 42.3 Å². The lowest BCUT2D eigenvalue weighted by Crippen LogP contribution is -2.24. The molecule has 8 heteroatoms. The third kappa shape index (κ3) is 5.58. The van der Waals surface area contributed by atoms with Gasteiger partial charge in [-0.1, -0.05) is 60.1 Å². The molecular weight excluding hydrogens is 460 g/mol. The smallest absolute Gasteiger partial charge is 0.355 e. The molecule has 0 aliphatic rings. The van der Waals surface area contributed by atoms with Gasteiger partial charge >= 0.3 is 5.97 Å². The average Bonchev–Trinajstić information content (AvgIpc) is 3.16. The lowest BCUT2D eigenvalue weighted by atomic mass is 10.2. The van der Waals surface area contributed by atoms with Crippen LogP contribution in [-0.2, 0) is 4.79 Å². The van der Waals surface area contributed by atoms with E-state index in [4.69, 9.17) is 21.1 Å². The molecule has 0 aliphatic heterocycles. The molecule has 1 N–H and O–H groups in total. The molecule has 0 radical (unpaired) electrons. The quantitative estimate of drug-likeness (QED) is 0.162. The first-order valence-corrected chi connectivity index (χ1v) is 11.2. The monoisotopic (exact) mass is 478 g/mol. The van der Waals surface area contributed by atoms with Crippen molar-refractivity contribution in [2.75, 3.05) is 6.61 Å². The summed E-state index contributed by atoms with van der Waals surface area (Å²) >= 11 is 7.64. The van der Waals surface area contributed by atoms with Gasteiger partial charge in [-0.25, -0.2) is 10.2 Å². The largest absolute Gasteiger partial charge is 0.483 e. The maximum atomic E-state index is 12.6. The Morgan fingerprint density at radius 1 is 1.06 bits per heavy atom. The fourth-order valence-electron chi connectivity index (χ4n) is 3.03. The van der Waals surface area contributed by atoms with E-state index in [1.54, 1.807) is 30.3 Å². The first-order chi connectivity index (χ1) is 16.0. The van der Waals surface area contributed by atoms with E-state index in [0.29, 0.717) is 27.0 Å². The fourth-order valence-corrected chi connectivity index (χ4v) is 4.41. The van der Waals surface area contributed by atoms with E-state index in [2.05, 4.69) is 10.5 Å². The normalized spacial score (nSPS) is 11.0. The van der Waals surface area contributed by atoms with E-state index in [1.165, 1.54) is 17.6 Å².